The van der Waals surface area contributed by atoms with E-state index >= 15 is 0 Å². The molecule has 0 aliphatic carbocycles. The van der Waals surface area contributed by atoms with Gasteiger partial charge in [0.2, 0.25) is 10.0 Å². The second-order valence-electron chi connectivity index (χ2n) is 4.16. The van der Waals surface area contributed by atoms with Crippen molar-refractivity contribution in [3.8, 4) is 0 Å². The number of rotatable bonds is 5. The van der Waals surface area contributed by atoms with Crippen LogP contribution in [0.3, 0.4) is 0 Å². The van der Waals surface area contributed by atoms with E-state index in [9.17, 15) is 8.42 Å². The number of hydrogen-bond donors (Lipinski definition) is 2. The van der Waals surface area contributed by atoms with Gasteiger partial charge in [-0.1, -0.05) is 13.8 Å². The van der Waals surface area contributed by atoms with E-state index in [2.05, 4.69) is 20.7 Å². The lowest BCUT2D eigenvalue weighted by Crippen LogP contribution is -2.36. The molecule has 1 aromatic heterocycles. The third-order valence-corrected chi connectivity index (χ3v) is 6.29. The minimum atomic E-state index is -3.52. The quantitative estimate of drug-likeness (QED) is 0.863. The minimum absolute atomic E-state index is 0.135. The number of sulfonamides is 1. The van der Waals surface area contributed by atoms with Gasteiger partial charge in [-0.2, -0.15) is 0 Å². The van der Waals surface area contributed by atoms with Crippen molar-refractivity contribution in [1.29, 1.82) is 0 Å². The van der Waals surface area contributed by atoms with Crippen molar-refractivity contribution >= 4 is 37.3 Å². The Morgan fingerprint density at radius 1 is 1.47 bits per heavy atom. The van der Waals surface area contributed by atoms with Crippen LogP contribution < -0.4 is 4.72 Å². The van der Waals surface area contributed by atoms with Crippen LogP contribution in [0.4, 0.5) is 0 Å². The molecule has 98 valence electrons. The number of halogens is 1. The lowest BCUT2D eigenvalue weighted by atomic mass is 10.1. The van der Waals surface area contributed by atoms with Crippen LogP contribution in [0, 0.1) is 5.92 Å². The molecule has 0 saturated carbocycles. The maximum absolute atomic E-state index is 12.1. The van der Waals surface area contributed by atoms with Gasteiger partial charge in [0, 0.05) is 10.9 Å². The summed E-state index contributed by atoms with van der Waals surface area (Å²) >= 11 is 4.43. The van der Waals surface area contributed by atoms with Gasteiger partial charge in [0.1, 0.15) is 4.90 Å². The molecule has 0 aliphatic rings. The lowest BCUT2D eigenvalue weighted by molar-refractivity contribution is 0.285. The Balaban J connectivity index is 3.01. The summed E-state index contributed by atoms with van der Waals surface area (Å²) in [5.41, 5.74) is 0. The summed E-state index contributed by atoms with van der Waals surface area (Å²) in [6, 6.07) is 1.36. The Morgan fingerprint density at radius 2 is 2.06 bits per heavy atom. The third kappa shape index (κ3) is 3.75. The van der Waals surface area contributed by atoms with Crippen LogP contribution >= 0.6 is 27.3 Å². The molecule has 7 heteroatoms. The van der Waals surface area contributed by atoms with E-state index in [1.54, 1.807) is 0 Å². The molecule has 1 rings (SSSR count). The molecule has 0 aromatic carbocycles. The first kappa shape index (κ1) is 15.1. The first-order valence-corrected chi connectivity index (χ1v) is 8.28. The van der Waals surface area contributed by atoms with E-state index in [0.717, 1.165) is 0 Å². The molecule has 0 radical (unpaired) electrons. The summed E-state index contributed by atoms with van der Waals surface area (Å²) < 4.78 is 27.3. The highest BCUT2D eigenvalue weighted by Gasteiger charge is 2.23. The number of aliphatic hydroxyl groups is 1. The first-order chi connectivity index (χ1) is 7.77. The van der Waals surface area contributed by atoms with E-state index in [-0.39, 0.29) is 23.5 Å². The van der Waals surface area contributed by atoms with Crippen molar-refractivity contribution in [2.75, 3.05) is 0 Å². The van der Waals surface area contributed by atoms with Gasteiger partial charge < -0.3 is 5.11 Å². The van der Waals surface area contributed by atoms with Crippen LogP contribution in [0.2, 0.25) is 0 Å². The van der Waals surface area contributed by atoms with Gasteiger partial charge in [0.05, 0.1) is 10.4 Å². The van der Waals surface area contributed by atoms with Crippen LogP contribution in [0.25, 0.3) is 0 Å². The van der Waals surface area contributed by atoms with Gasteiger partial charge in [-0.05, 0) is 34.8 Å². The molecule has 0 aliphatic heterocycles. The number of nitrogens with one attached hydrogen (secondary N) is 1. The molecular formula is C10H16BrNO3S2. The largest absolute Gasteiger partial charge is 0.391 e. The summed E-state index contributed by atoms with van der Waals surface area (Å²) in [5, 5.41) is 8.99. The zero-order valence-corrected chi connectivity index (χ0v) is 13.1. The second kappa shape index (κ2) is 5.79. The Morgan fingerprint density at radius 3 is 2.47 bits per heavy atom. The standard InChI is InChI=1S/C10H16BrNO3S2/c1-6(2)7(3)12-17(14,15)9-4-8(5-13)16-10(9)11/h4,6-7,12-13H,5H2,1-3H3. The average molecular weight is 342 g/mol. The fourth-order valence-corrected chi connectivity index (χ4v) is 5.04. The molecule has 0 fully saturated rings. The van der Waals surface area contributed by atoms with Crippen molar-refractivity contribution in [3.05, 3.63) is 14.7 Å². The van der Waals surface area contributed by atoms with Gasteiger partial charge in [-0.15, -0.1) is 11.3 Å². The van der Waals surface area contributed by atoms with E-state index in [0.29, 0.717) is 8.66 Å². The maximum atomic E-state index is 12.1. The van der Waals surface area contributed by atoms with Crippen molar-refractivity contribution in [2.24, 2.45) is 5.92 Å². The molecule has 0 spiro atoms. The second-order valence-corrected chi connectivity index (χ2v) is 8.30. The van der Waals surface area contributed by atoms with Gasteiger partial charge >= 0.3 is 0 Å². The zero-order valence-electron chi connectivity index (χ0n) is 9.90. The van der Waals surface area contributed by atoms with Crippen LogP contribution in [-0.4, -0.2) is 19.6 Å². The summed E-state index contributed by atoms with van der Waals surface area (Å²) in [5.74, 6) is 0.222. The summed E-state index contributed by atoms with van der Waals surface area (Å²) in [7, 11) is -3.52. The van der Waals surface area contributed by atoms with Crippen LogP contribution in [0.1, 0.15) is 25.6 Å². The Kier molecular flexibility index (Phi) is 5.15. The minimum Gasteiger partial charge on any atom is -0.391 e. The molecule has 2 N–H and O–H groups in total. The summed E-state index contributed by atoms with van der Waals surface area (Å²) in [6.45, 7) is 5.58. The van der Waals surface area contributed by atoms with E-state index in [1.165, 1.54) is 17.4 Å². The smallest absolute Gasteiger partial charge is 0.242 e. The predicted octanol–water partition coefficient (Wildman–Crippen LogP) is 2.33. The lowest BCUT2D eigenvalue weighted by Gasteiger charge is -2.17. The van der Waals surface area contributed by atoms with Gasteiger partial charge in [0.15, 0.2) is 0 Å². The first-order valence-electron chi connectivity index (χ1n) is 5.19. The van der Waals surface area contributed by atoms with E-state index < -0.39 is 10.0 Å². The fourth-order valence-electron chi connectivity index (χ4n) is 1.10. The normalized spacial score (nSPS) is 14.2. The van der Waals surface area contributed by atoms with Crippen molar-refractivity contribution in [1.82, 2.24) is 4.72 Å². The van der Waals surface area contributed by atoms with Gasteiger partial charge in [0.25, 0.3) is 0 Å². The van der Waals surface area contributed by atoms with Crippen LogP contribution in [0.15, 0.2) is 14.7 Å². The zero-order chi connectivity index (χ0) is 13.2. The molecule has 1 unspecified atom stereocenters. The van der Waals surface area contributed by atoms with Crippen molar-refractivity contribution in [2.45, 2.75) is 38.3 Å². The molecule has 0 amide bonds. The van der Waals surface area contributed by atoms with Crippen molar-refractivity contribution < 1.29 is 13.5 Å². The Labute approximate surface area is 114 Å². The Bertz CT molecular complexity index is 482. The molecule has 0 bridgehead atoms. The molecule has 4 nitrogen and oxygen atoms in total. The Hall–Kier alpha value is 0.0500. The van der Waals surface area contributed by atoms with Crippen LogP contribution in [-0.2, 0) is 16.6 Å². The maximum Gasteiger partial charge on any atom is 0.242 e. The number of aliphatic hydroxyl groups excluding tert-OH is 1. The number of hydrogen-bond acceptors (Lipinski definition) is 4. The van der Waals surface area contributed by atoms with Gasteiger partial charge in [-0.3, -0.25) is 0 Å². The van der Waals surface area contributed by atoms with Gasteiger partial charge in [-0.25, -0.2) is 13.1 Å². The molecule has 1 atom stereocenters. The topological polar surface area (TPSA) is 66.4 Å². The number of thiophene rings is 1. The molecular weight excluding hydrogens is 326 g/mol. The molecule has 17 heavy (non-hydrogen) atoms. The monoisotopic (exact) mass is 341 g/mol. The molecule has 1 aromatic rings. The third-order valence-electron chi connectivity index (χ3n) is 2.49. The van der Waals surface area contributed by atoms with Crippen molar-refractivity contribution in [3.63, 3.8) is 0 Å². The summed E-state index contributed by atoms with van der Waals surface area (Å²) in [4.78, 5) is 0.813. The SMILES string of the molecule is CC(C)C(C)NS(=O)(=O)c1cc(CO)sc1Br. The predicted molar refractivity (Wildman–Crippen MR) is 72.6 cm³/mol. The highest BCUT2D eigenvalue weighted by Crippen LogP contribution is 2.31. The van der Waals surface area contributed by atoms with E-state index in [1.807, 2.05) is 20.8 Å². The molecule has 1 heterocycles. The molecule has 0 saturated heterocycles. The fraction of sp³-hybridized carbons (Fsp3) is 0.600. The van der Waals surface area contributed by atoms with Crippen LogP contribution in [0.5, 0.6) is 0 Å². The average Bonchev–Trinajstić information content (AvgIpc) is 2.59. The summed E-state index contributed by atoms with van der Waals surface area (Å²) in [6.07, 6.45) is 0. The highest BCUT2D eigenvalue weighted by atomic mass is 79.9. The highest BCUT2D eigenvalue weighted by molar-refractivity contribution is 9.11. The van der Waals surface area contributed by atoms with E-state index in [4.69, 9.17) is 5.11 Å².